The van der Waals surface area contributed by atoms with Gasteiger partial charge in [0, 0.05) is 12.7 Å². The van der Waals surface area contributed by atoms with Crippen molar-refractivity contribution in [2.75, 3.05) is 0 Å². The van der Waals surface area contributed by atoms with Gasteiger partial charge in [-0.05, 0) is 31.0 Å². The third-order valence-corrected chi connectivity index (χ3v) is 3.84. The van der Waals surface area contributed by atoms with Crippen LogP contribution >= 0.6 is 0 Å². The molecule has 6 nitrogen and oxygen atoms in total. The van der Waals surface area contributed by atoms with Crippen molar-refractivity contribution < 1.29 is 4.79 Å². The first-order chi connectivity index (χ1) is 10.6. The van der Waals surface area contributed by atoms with Gasteiger partial charge in [0.05, 0.1) is 17.6 Å². The number of amides is 1. The average molecular weight is 297 g/mol. The number of para-hydroxylation sites is 1. The van der Waals surface area contributed by atoms with Crippen LogP contribution in [0.5, 0.6) is 0 Å². The zero-order valence-electron chi connectivity index (χ0n) is 13.0. The van der Waals surface area contributed by atoms with Gasteiger partial charge in [-0.3, -0.25) is 9.89 Å². The van der Waals surface area contributed by atoms with Gasteiger partial charge in [0.1, 0.15) is 11.5 Å². The Balaban J connectivity index is 1.78. The molecule has 0 saturated carbocycles. The number of aromatic amines is 1. The van der Waals surface area contributed by atoms with Crippen LogP contribution in [-0.2, 0) is 20.0 Å². The molecule has 3 aromatic rings. The number of hydrogen-bond acceptors (Lipinski definition) is 3. The molecular formula is C16H19N5O. The van der Waals surface area contributed by atoms with Crippen molar-refractivity contribution in [3.63, 3.8) is 0 Å². The molecule has 2 heterocycles. The highest BCUT2D eigenvalue weighted by molar-refractivity contribution is 5.92. The van der Waals surface area contributed by atoms with Gasteiger partial charge in [0.25, 0.3) is 5.91 Å². The number of H-pyrrole nitrogens is 1. The van der Waals surface area contributed by atoms with E-state index in [1.165, 1.54) is 5.56 Å². The SMILES string of the molecule is CCc1cc(C(=O)NCc2nc3cccc(C)c3n2C)n[nH]1. The largest absolute Gasteiger partial charge is 0.343 e. The lowest BCUT2D eigenvalue weighted by Crippen LogP contribution is -2.24. The lowest BCUT2D eigenvalue weighted by molar-refractivity contribution is 0.0944. The zero-order chi connectivity index (χ0) is 15.7. The van der Waals surface area contributed by atoms with E-state index in [-0.39, 0.29) is 5.91 Å². The number of nitrogens with one attached hydrogen (secondary N) is 2. The fourth-order valence-electron chi connectivity index (χ4n) is 2.58. The first-order valence-electron chi connectivity index (χ1n) is 7.33. The van der Waals surface area contributed by atoms with Gasteiger partial charge in [-0.25, -0.2) is 4.98 Å². The molecule has 22 heavy (non-hydrogen) atoms. The van der Waals surface area contributed by atoms with E-state index in [9.17, 15) is 4.79 Å². The van der Waals surface area contributed by atoms with Crippen molar-refractivity contribution in [3.05, 3.63) is 47.0 Å². The standard InChI is InChI=1S/C16H19N5O/c1-4-11-8-13(20-19-11)16(22)17-9-14-18-12-7-5-6-10(2)15(12)21(14)3/h5-8H,4,9H2,1-3H3,(H,17,22)(H,19,20). The maximum Gasteiger partial charge on any atom is 0.272 e. The Morgan fingerprint density at radius 1 is 1.41 bits per heavy atom. The molecule has 0 atom stereocenters. The van der Waals surface area contributed by atoms with Crippen molar-refractivity contribution in [2.24, 2.45) is 7.05 Å². The number of carbonyl (C=O) groups excluding carboxylic acids is 1. The monoisotopic (exact) mass is 297 g/mol. The zero-order valence-corrected chi connectivity index (χ0v) is 13.0. The minimum atomic E-state index is -0.195. The molecule has 0 aliphatic heterocycles. The molecule has 1 amide bonds. The summed E-state index contributed by atoms with van der Waals surface area (Å²) in [6.07, 6.45) is 0.824. The molecule has 0 aliphatic rings. The second kappa shape index (κ2) is 5.63. The Hall–Kier alpha value is -2.63. The van der Waals surface area contributed by atoms with Gasteiger partial charge in [-0.2, -0.15) is 5.10 Å². The highest BCUT2D eigenvalue weighted by Crippen LogP contribution is 2.18. The van der Waals surface area contributed by atoms with E-state index in [2.05, 4.69) is 33.5 Å². The van der Waals surface area contributed by atoms with E-state index in [1.807, 2.05) is 30.7 Å². The molecule has 0 fully saturated rings. The molecule has 0 bridgehead atoms. The van der Waals surface area contributed by atoms with E-state index in [4.69, 9.17) is 0 Å². The third kappa shape index (κ3) is 2.47. The predicted octanol–water partition coefficient (Wildman–Crippen LogP) is 2.10. The summed E-state index contributed by atoms with van der Waals surface area (Å²) < 4.78 is 2.02. The van der Waals surface area contributed by atoms with E-state index in [0.29, 0.717) is 12.2 Å². The van der Waals surface area contributed by atoms with Crippen LogP contribution in [0.15, 0.2) is 24.3 Å². The first-order valence-corrected chi connectivity index (χ1v) is 7.33. The van der Waals surface area contributed by atoms with Crippen molar-refractivity contribution in [2.45, 2.75) is 26.8 Å². The second-order valence-electron chi connectivity index (χ2n) is 5.34. The Morgan fingerprint density at radius 3 is 2.91 bits per heavy atom. The highest BCUT2D eigenvalue weighted by atomic mass is 16.1. The van der Waals surface area contributed by atoms with Crippen molar-refractivity contribution in [1.29, 1.82) is 0 Å². The summed E-state index contributed by atoms with van der Waals surface area (Å²) in [7, 11) is 1.97. The molecule has 0 unspecified atom stereocenters. The number of fused-ring (bicyclic) bond motifs is 1. The molecule has 2 N–H and O–H groups in total. The summed E-state index contributed by atoms with van der Waals surface area (Å²) in [5.41, 5.74) is 4.57. The van der Waals surface area contributed by atoms with Crippen LogP contribution in [0.4, 0.5) is 0 Å². The molecule has 0 radical (unpaired) electrons. The van der Waals surface area contributed by atoms with E-state index >= 15 is 0 Å². The Morgan fingerprint density at radius 2 is 2.23 bits per heavy atom. The molecule has 6 heteroatoms. The fraction of sp³-hybridized carbons (Fsp3) is 0.312. The number of benzene rings is 1. The van der Waals surface area contributed by atoms with E-state index in [0.717, 1.165) is 29.0 Å². The number of nitrogens with zero attached hydrogens (tertiary/aromatic N) is 3. The number of aryl methyl sites for hydroxylation is 3. The molecule has 0 aliphatic carbocycles. The fourth-order valence-corrected chi connectivity index (χ4v) is 2.58. The van der Waals surface area contributed by atoms with Gasteiger partial charge in [0.15, 0.2) is 0 Å². The summed E-state index contributed by atoms with van der Waals surface area (Å²) >= 11 is 0. The number of rotatable bonds is 4. The van der Waals surface area contributed by atoms with Crippen LogP contribution < -0.4 is 5.32 Å². The lowest BCUT2D eigenvalue weighted by Gasteiger charge is -2.05. The van der Waals surface area contributed by atoms with Gasteiger partial charge in [0.2, 0.25) is 0 Å². The molecule has 0 saturated heterocycles. The lowest BCUT2D eigenvalue weighted by atomic mass is 10.2. The van der Waals surface area contributed by atoms with Crippen LogP contribution in [-0.4, -0.2) is 25.7 Å². The maximum atomic E-state index is 12.1. The minimum Gasteiger partial charge on any atom is -0.343 e. The second-order valence-corrected chi connectivity index (χ2v) is 5.34. The number of hydrogen-bond donors (Lipinski definition) is 2. The topological polar surface area (TPSA) is 75.6 Å². The molecule has 1 aromatic carbocycles. The van der Waals surface area contributed by atoms with Crippen molar-refractivity contribution >= 4 is 16.9 Å². The number of aromatic nitrogens is 4. The summed E-state index contributed by atoms with van der Waals surface area (Å²) in [5.74, 6) is 0.628. The third-order valence-electron chi connectivity index (χ3n) is 3.84. The summed E-state index contributed by atoms with van der Waals surface area (Å²) in [6, 6.07) is 7.80. The van der Waals surface area contributed by atoms with Gasteiger partial charge >= 0.3 is 0 Å². The van der Waals surface area contributed by atoms with Crippen molar-refractivity contribution in [3.8, 4) is 0 Å². The van der Waals surface area contributed by atoms with Crippen LogP contribution in [0.1, 0.15) is 34.5 Å². The van der Waals surface area contributed by atoms with Gasteiger partial charge < -0.3 is 9.88 Å². The molecule has 3 rings (SSSR count). The van der Waals surface area contributed by atoms with Crippen LogP contribution in [0.3, 0.4) is 0 Å². The number of imidazole rings is 1. The number of carbonyl (C=O) groups is 1. The first kappa shape index (κ1) is 14.3. The van der Waals surface area contributed by atoms with Crippen LogP contribution in [0.2, 0.25) is 0 Å². The van der Waals surface area contributed by atoms with Gasteiger partial charge in [-0.15, -0.1) is 0 Å². The smallest absolute Gasteiger partial charge is 0.272 e. The van der Waals surface area contributed by atoms with Crippen LogP contribution in [0, 0.1) is 6.92 Å². The normalized spacial score (nSPS) is 11.0. The van der Waals surface area contributed by atoms with Gasteiger partial charge in [-0.1, -0.05) is 19.1 Å². The summed E-state index contributed by atoms with van der Waals surface area (Å²) in [6.45, 7) is 4.44. The maximum absolute atomic E-state index is 12.1. The summed E-state index contributed by atoms with van der Waals surface area (Å²) in [4.78, 5) is 16.7. The van der Waals surface area contributed by atoms with Crippen molar-refractivity contribution in [1.82, 2.24) is 25.1 Å². The molecule has 0 spiro atoms. The Bertz CT molecular complexity index is 830. The molecule has 2 aromatic heterocycles. The Labute approximate surface area is 128 Å². The summed E-state index contributed by atoms with van der Waals surface area (Å²) in [5, 5.41) is 9.73. The van der Waals surface area contributed by atoms with E-state index < -0.39 is 0 Å². The molecule has 114 valence electrons. The van der Waals surface area contributed by atoms with E-state index in [1.54, 1.807) is 6.07 Å². The predicted molar refractivity (Wildman–Crippen MR) is 84.6 cm³/mol. The average Bonchev–Trinajstić information content (AvgIpc) is 3.11. The molecular weight excluding hydrogens is 278 g/mol. The Kier molecular flexibility index (Phi) is 3.66. The van der Waals surface area contributed by atoms with Crippen LogP contribution in [0.25, 0.3) is 11.0 Å². The quantitative estimate of drug-likeness (QED) is 0.774. The highest BCUT2D eigenvalue weighted by Gasteiger charge is 2.13. The minimum absolute atomic E-state index is 0.195.